The van der Waals surface area contributed by atoms with Crippen LogP contribution in [0.5, 0.6) is 0 Å². The maximum Gasteiger partial charge on any atom is 0.194 e. The fourth-order valence-corrected chi connectivity index (χ4v) is 4.33. The number of aliphatic imine (C=N–C) groups is 1. The van der Waals surface area contributed by atoms with Gasteiger partial charge >= 0.3 is 0 Å². The first-order valence-corrected chi connectivity index (χ1v) is 11.9. The van der Waals surface area contributed by atoms with Crippen molar-refractivity contribution in [2.24, 2.45) is 4.99 Å². The lowest BCUT2D eigenvalue weighted by atomic mass is 10.2. The topological polar surface area (TPSA) is 56.2 Å². The molecule has 4 rings (SSSR count). The van der Waals surface area contributed by atoms with Gasteiger partial charge in [0.2, 0.25) is 0 Å². The van der Waals surface area contributed by atoms with Gasteiger partial charge in [0, 0.05) is 65.6 Å². The highest BCUT2D eigenvalue weighted by atomic mass is 16.5. The van der Waals surface area contributed by atoms with Crippen molar-refractivity contribution < 1.29 is 4.74 Å². The lowest BCUT2D eigenvalue weighted by molar-refractivity contribution is 0.0529. The summed E-state index contributed by atoms with van der Waals surface area (Å²) in [5.41, 5.74) is 2.47. The Bertz CT molecular complexity index is 923. The van der Waals surface area contributed by atoms with E-state index < -0.39 is 0 Å². The van der Waals surface area contributed by atoms with Gasteiger partial charge in [0.05, 0.1) is 12.7 Å². The van der Waals surface area contributed by atoms with Crippen molar-refractivity contribution in [3.63, 3.8) is 0 Å². The summed E-state index contributed by atoms with van der Waals surface area (Å²) in [4.78, 5) is 16.3. The van der Waals surface area contributed by atoms with Crippen LogP contribution in [0.15, 0.2) is 59.7 Å². The molecule has 33 heavy (non-hydrogen) atoms. The van der Waals surface area contributed by atoms with E-state index in [1.165, 1.54) is 11.1 Å². The zero-order valence-electron chi connectivity index (χ0n) is 19.9. The van der Waals surface area contributed by atoms with Gasteiger partial charge in [-0.25, -0.2) is 4.98 Å². The molecule has 0 saturated carbocycles. The normalized spacial score (nSPS) is 20.4. The molecule has 0 amide bonds. The third kappa shape index (κ3) is 6.79. The van der Waals surface area contributed by atoms with Crippen LogP contribution in [0.4, 0.5) is 5.82 Å². The number of nitrogens with one attached hydrogen (secondary N) is 1. The third-order valence-corrected chi connectivity index (χ3v) is 6.18. The van der Waals surface area contributed by atoms with E-state index in [1.807, 2.05) is 13.2 Å². The van der Waals surface area contributed by atoms with Crippen molar-refractivity contribution in [1.29, 1.82) is 0 Å². The van der Waals surface area contributed by atoms with Gasteiger partial charge in [-0.05, 0) is 30.2 Å². The minimum atomic E-state index is 0.244. The molecule has 2 aliphatic heterocycles. The number of piperazine rings is 1. The van der Waals surface area contributed by atoms with Gasteiger partial charge < -0.3 is 19.9 Å². The molecular weight excluding hydrogens is 412 g/mol. The first kappa shape index (κ1) is 23.3. The standard InChI is InChI=1S/C26H36N6O/c1-22-21-32(17-18-33-22)25-19-24(10-11-28-25)20-29-26(27-2)31-15-13-30(14-16-31)12-6-9-23-7-4-3-5-8-23/h3-11,19,22H,12-18,20-21H2,1-2H3,(H,27,29)/b9-6+. The first-order valence-electron chi connectivity index (χ1n) is 11.9. The van der Waals surface area contributed by atoms with Crippen LogP contribution in [-0.4, -0.2) is 86.3 Å². The number of anilines is 1. The highest BCUT2D eigenvalue weighted by molar-refractivity contribution is 5.80. The first-order chi connectivity index (χ1) is 16.2. The molecule has 2 fully saturated rings. The molecule has 1 aromatic heterocycles. The molecule has 1 N–H and O–H groups in total. The van der Waals surface area contributed by atoms with Crippen LogP contribution >= 0.6 is 0 Å². The summed E-state index contributed by atoms with van der Waals surface area (Å²) in [6.45, 7) is 10.4. The van der Waals surface area contributed by atoms with E-state index >= 15 is 0 Å². The van der Waals surface area contributed by atoms with Crippen molar-refractivity contribution in [2.75, 3.05) is 64.4 Å². The lowest BCUT2D eigenvalue weighted by Crippen LogP contribution is -2.52. The van der Waals surface area contributed by atoms with Crippen LogP contribution in [0.3, 0.4) is 0 Å². The molecule has 3 heterocycles. The molecule has 1 unspecified atom stereocenters. The minimum Gasteiger partial charge on any atom is -0.375 e. The number of pyridine rings is 1. The second-order valence-electron chi connectivity index (χ2n) is 8.65. The Morgan fingerprint density at radius 3 is 2.73 bits per heavy atom. The third-order valence-electron chi connectivity index (χ3n) is 6.18. The number of ether oxygens (including phenoxy) is 1. The van der Waals surface area contributed by atoms with E-state index in [9.17, 15) is 0 Å². The van der Waals surface area contributed by atoms with E-state index in [0.29, 0.717) is 0 Å². The van der Waals surface area contributed by atoms with Gasteiger partial charge in [0.25, 0.3) is 0 Å². The molecule has 1 aromatic carbocycles. The number of benzene rings is 1. The number of morpholine rings is 1. The Hall–Kier alpha value is -2.90. The van der Waals surface area contributed by atoms with Crippen molar-refractivity contribution in [2.45, 2.75) is 19.6 Å². The molecule has 2 aliphatic rings. The van der Waals surface area contributed by atoms with Crippen molar-refractivity contribution in [3.05, 3.63) is 65.9 Å². The molecule has 176 valence electrons. The zero-order chi connectivity index (χ0) is 22.9. The summed E-state index contributed by atoms with van der Waals surface area (Å²) in [7, 11) is 1.87. The predicted molar refractivity (Wildman–Crippen MR) is 136 cm³/mol. The van der Waals surface area contributed by atoms with E-state index in [2.05, 4.69) is 91.5 Å². The maximum atomic E-state index is 5.66. The lowest BCUT2D eigenvalue weighted by Gasteiger charge is -2.36. The molecule has 7 nitrogen and oxygen atoms in total. The summed E-state index contributed by atoms with van der Waals surface area (Å²) < 4.78 is 5.66. The smallest absolute Gasteiger partial charge is 0.194 e. The van der Waals surface area contributed by atoms with Crippen LogP contribution in [0.1, 0.15) is 18.1 Å². The zero-order valence-corrected chi connectivity index (χ0v) is 19.9. The Kier molecular flexibility index (Phi) is 8.33. The van der Waals surface area contributed by atoms with Crippen LogP contribution in [0, 0.1) is 0 Å². The second-order valence-corrected chi connectivity index (χ2v) is 8.65. The summed E-state index contributed by atoms with van der Waals surface area (Å²) in [6.07, 6.45) is 6.60. The summed E-state index contributed by atoms with van der Waals surface area (Å²) in [6, 6.07) is 14.7. The van der Waals surface area contributed by atoms with Crippen LogP contribution < -0.4 is 10.2 Å². The molecule has 0 spiro atoms. The molecular formula is C26H36N6O. The number of hydrogen-bond donors (Lipinski definition) is 1. The van der Waals surface area contributed by atoms with E-state index in [0.717, 1.165) is 70.7 Å². The van der Waals surface area contributed by atoms with Crippen molar-refractivity contribution in [1.82, 2.24) is 20.1 Å². The largest absolute Gasteiger partial charge is 0.375 e. The van der Waals surface area contributed by atoms with Crippen molar-refractivity contribution in [3.8, 4) is 0 Å². The summed E-state index contributed by atoms with van der Waals surface area (Å²) in [5.74, 6) is 1.99. The molecule has 0 aliphatic carbocycles. The van der Waals surface area contributed by atoms with Crippen LogP contribution in [0.25, 0.3) is 6.08 Å². The number of aromatic nitrogens is 1. The molecule has 0 radical (unpaired) electrons. The van der Waals surface area contributed by atoms with E-state index in [1.54, 1.807) is 0 Å². The fraction of sp³-hybridized carbons (Fsp3) is 0.462. The second kappa shape index (κ2) is 11.8. The monoisotopic (exact) mass is 448 g/mol. The number of guanidine groups is 1. The maximum absolute atomic E-state index is 5.66. The number of nitrogens with zero attached hydrogens (tertiary/aromatic N) is 5. The summed E-state index contributed by atoms with van der Waals surface area (Å²) >= 11 is 0. The molecule has 2 saturated heterocycles. The van der Waals surface area contributed by atoms with Gasteiger partial charge in [-0.1, -0.05) is 42.5 Å². The van der Waals surface area contributed by atoms with E-state index in [4.69, 9.17) is 4.74 Å². The Labute approximate surface area is 197 Å². The van der Waals surface area contributed by atoms with Crippen LogP contribution in [-0.2, 0) is 11.3 Å². The highest BCUT2D eigenvalue weighted by Gasteiger charge is 2.20. The SMILES string of the molecule is CN=C(NCc1ccnc(N2CCOC(C)C2)c1)N1CCN(C/C=C/c2ccccc2)CC1. The molecule has 2 aromatic rings. The fourth-order valence-electron chi connectivity index (χ4n) is 4.33. The Balaban J connectivity index is 1.24. The minimum absolute atomic E-state index is 0.244. The Morgan fingerprint density at radius 1 is 1.15 bits per heavy atom. The molecule has 1 atom stereocenters. The van der Waals surface area contributed by atoms with Crippen molar-refractivity contribution >= 4 is 17.9 Å². The summed E-state index contributed by atoms with van der Waals surface area (Å²) in [5, 5.41) is 3.55. The predicted octanol–water partition coefficient (Wildman–Crippen LogP) is 2.71. The van der Waals surface area contributed by atoms with Gasteiger partial charge in [-0.15, -0.1) is 0 Å². The molecule has 7 heteroatoms. The van der Waals surface area contributed by atoms with Gasteiger partial charge in [0.1, 0.15) is 5.82 Å². The van der Waals surface area contributed by atoms with E-state index in [-0.39, 0.29) is 6.10 Å². The van der Waals surface area contributed by atoms with Crippen LogP contribution in [0.2, 0.25) is 0 Å². The molecule has 0 bridgehead atoms. The average molecular weight is 449 g/mol. The van der Waals surface area contributed by atoms with Gasteiger partial charge in [0.15, 0.2) is 5.96 Å². The average Bonchev–Trinajstić information content (AvgIpc) is 2.86. The van der Waals surface area contributed by atoms with Gasteiger partial charge in [-0.2, -0.15) is 0 Å². The Morgan fingerprint density at radius 2 is 1.97 bits per heavy atom. The highest BCUT2D eigenvalue weighted by Crippen LogP contribution is 2.16. The number of rotatable bonds is 6. The quantitative estimate of drug-likeness (QED) is 0.542. The van der Waals surface area contributed by atoms with Gasteiger partial charge in [-0.3, -0.25) is 9.89 Å². The number of hydrogen-bond acceptors (Lipinski definition) is 5.